The maximum atomic E-state index is 13.6. The van der Waals surface area contributed by atoms with Crippen molar-refractivity contribution in [3.05, 3.63) is 93.7 Å². The first kappa shape index (κ1) is 32.0. The van der Waals surface area contributed by atoms with Crippen LogP contribution in [-0.4, -0.2) is 68.9 Å². The predicted molar refractivity (Wildman–Crippen MR) is 173 cm³/mol. The van der Waals surface area contributed by atoms with E-state index in [1.54, 1.807) is 35.1 Å². The van der Waals surface area contributed by atoms with Crippen LogP contribution in [0.4, 0.5) is 4.39 Å². The molecule has 6 rings (SSSR count). The van der Waals surface area contributed by atoms with Gasteiger partial charge in [0.15, 0.2) is 11.0 Å². The van der Waals surface area contributed by atoms with E-state index in [-0.39, 0.29) is 40.9 Å². The summed E-state index contributed by atoms with van der Waals surface area (Å²) in [4.78, 5) is 27.4. The highest BCUT2D eigenvalue weighted by Gasteiger charge is 2.33. The molecule has 0 aliphatic carbocycles. The van der Waals surface area contributed by atoms with Crippen molar-refractivity contribution in [2.45, 2.75) is 48.3 Å². The van der Waals surface area contributed by atoms with Crippen molar-refractivity contribution in [3.8, 4) is 0 Å². The molecule has 1 N–H and O–H groups in total. The molecular weight excluding hydrogens is 650 g/mol. The molecule has 0 spiro atoms. The Morgan fingerprint density at radius 2 is 1.76 bits per heavy atom. The topological polar surface area (TPSA) is 130 Å². The second-order valence-corrected chi connectivity index (χ2v) is 14.8. The quantitative estimate of drug-likeness (QED) is 0.243. The molecule has 0 bridgehead atoms. The Balaban J connectivity index is 1.06. The number of amides is 2. The first-order chi connectivity index (χ1) is 22.2. The van der Waals surface area contributed by atoms with E-state index in [9.17, 15) is 22.4 Å². The van der Waals surface area contributed by atoms with Crippen LogP contribution in [0.25, 0.3) is 0 Å². The Bertz CT molecular complexity index is 1840. The summed E-state index contributed by atoms with van der Waals surface area (Å²) in [7, 11) is -1.83. The summed E-state index contributed by atoms with van der Waals surface area (Å²) in [6.45, 7) is 1.10. The van der Waals surface area contributed by atoms with Crippen LogP contribution in [0.5, 0.6) is 0 Å². The van der Waals surface area contributed by atoms with Crippen LogP contribution in [0.15, 0.2) is 81.2 Å². The maximum absolute atomic E-state index is 13.6. The lowest BCUT2D eigenvalue weighted by atomic mass is 10.0. The molecule has 2 amide bonds. The first-order valence-corrected chi connectivity index (χ1v) is 18.1. The van der Waals surface area contributed by atoms with Crippen LogP contribution >= 0.6 is 23.1 Å². The fourth-order valence-corrected chi connectivity index (χ4v) is 8.41. The van der Waals surface area contributed by atoms with Gasteiger partial charge in [-0.15, -0.1) is 21.5 Å². The van der Waals surface area contributed by atoms with Crippen molar-refractivity contribution in [1.29, 1.82) is 0 Å². The molecule has 0 radical (unpaired) electrons. The summed E-state index contributed by atoms with van der Waals surface area (Å²) in [5, 5.41) is 19.7. The number of hydrogen-bond acceptors (Lipinski definition) is 9. The fraction of sp³-hybridized carbons (Fsp3) is 0.323. The van der Waals surface area contributed by atoms with E-state index in [2.05, 4.69) is 20.6 Å². The molecule has 0 unspecified atom stereocenters. The molecule has 1 fully saturated rings. The number of hydrazone groups is 1. The van der Waals surface area contributed by atoms with Gasteiger partial charge in [0, 0.05) is 32.1 Å². The summed E-state index contributed by atoms with van der Waals surface area (Å²) in [5.74, 6) is -0.426. The average Bonchev–Trinajstić information content (AvgIpc) is 3.84. The number of thiophene rings is 1. The van der Waals surface area contributed by atoms with Crippen molar-refractivity contribution in [1.82, 2.24) is 29.4 Å². The van der Waals surface area contributed by atoms with Gasteiger partial charge in [0.2, 0.25) is 10.0 Å². The molecule has 240 valence electrons. The standard InChI is InChI=1S/C31H32FN7O4S3/c1-37-28(19-33-30(41)22-9-13-24(14-10-22)46(42,43)38-15-3-2-4-16-38)34-35-31(37)45-20-29(40)39-26(21-7-11-23(32)12-8-21)18-25(36-39)27-6-5-17-44-27/h5-14,17,26H,2-4,15-16,18-20H2,1H3,(H,33,41)/t26-/m1/s1. The van der Waals surface area contributed by atoms with Gasteiger partial charge in [0.1, 0.15) is 5.82 Å². The zero-order valence-electron chi connectivity index (χ0n) is 25.0. The van der Waals surface area contributed by atoms with Crippen LogP contribution in [-0.2, 0) is 28.4 Å². The number of nitrogens with zero attached hydrogens (tertiary/aromatic N) is 6. The van der Waals surface area contributed by atoms with E-state index < -0.39 is 10.0 Å². The summed E-state index contributed by atoms with van der Waals surface area (Å²) >= 11 is 2.75. The lowest BCUT2D eigenvalue weighted by Crippen LogP contribution is -2.35. The van der Waals surface area contributed by atoms with E-state index in [1.807, 2.05) is 17.5 Å². The normalized spacial score (nSPS) is 17.2. The number of thioether (sulfide) groups is 1. The molecule has 2 aromatic heterocycles. The molecule has 0 saturated carbocycles. The van der Waals surface area contributed by atoms with E-state index in [0.717, 1.165) is 35.4 Å². The molecule has 11 nitrogen and oxygen atoms in total. The number of sulfonamides is 1. The number of carbonyl (C=O) groups excluding carboxylic acids is 2. The van der Waals surface area contributed by atoms with Gasteiger partial charge >= 0.3 is 0 Å². The molecule has 2 aliphatic rings. The van der Waals surface area contributed by atoms with E-state index in [0.29, 0.717) is 36.1 Å². The monoisotopic (exact) mass is 681 g/mol. The van der Waals surface area contributed by atoms with Gasteiger partial charge < -0.3 is 9.88 Å². The predicted octanol–water partition coefficient (Wildman–Crippen LogP) is 4.59. The van der Waals surface area contributed by atoms with Crippen LogP contribution in [0, 0.1) is 5.82 Å². The molecule has 4 aromatic rings. The minimum Gasteiger partial charge on any atom is -0.345 e. The Morgan fingerprint density at radius 1 is 1.02 bits per heavy atom. The van der Waals surface area contributed by atoms with Crippen LogP contribution in [0.1, 0.15) is 58.3 Å². The molecule has 46 heavy (non-hydrogen) atoms. The molecule has 15 heteroatoms. The third kappa shape index (κ3) is 6.92. The number of piperidine rings is 1. The molecule has 4 heterocycles. The number of benzene rings is 2. The van der Waals surface area contributed by atoms with Crippen molar-refractivity contribution >= 4 is 50.6 Å². The number of carbonyl (C=O) groups is 2. The lowest BCUT2D eigenvalue weighted by molar-refractivity contribution is -0.130. The van der Waals surface area contributed by atoms with Crippen molar-refractivity contribution in [3.63, 3.8) is 0 Å². The number of rotatable bonds is 10. The van der Waals surface area contributed by atoms with Gasteiger partial charge in [-0.3, -0.25) is 9.59 Å². The number of nitrogens with one attached hydrogen (secondary N) is 1. The first-order valence-electron chi connectivity index (χ1n) is 14.8. The average molecular weight is 682 g/mol. The van der Waals surface area contributed by atoms with Gasteiger partial charge in [-0.25, -0.2) is 17.8 Å². The highest BCUT2D eigenvalue weighted by molar-refractivity contribution is 7.99. The Hall–Kier alpha value is -3.92. The highest BCUT2D eigenvalue weighted by atomic mass is 32.2. The molecule has 1 saturated heterocycles. The molecule has 2 aliphatic heterocycles. The van der Waals surface area contributed by atoms with Gasteiger partial charge in [0.25, 0.3) is 11.8 Å². The smallest absolute Gasteiger partial charge is 0.253 e. The van der Waals surface area contributed by atoms with Gasteiger partial charge in [-0.2, -0.15) is 9.41 Å². The summed E-state index contributed by atoms with van der Waals surface area (Å²) in [6, 6.07) is 15.6. The number of hydrogen-bond donors (Lipinski definition) is 1. The molecule has 1 atom stereocenters. The summed E-state index contributed by atoms with van der Waals surface area (Å²) in [5.41, 5.74) is 1.92. The van der Waals surface area contributed by atoms with E-state index >= 15 is 0 Å². The Kier molecular flexibility index (Phi) is 9.63. The minimum absolute atomic E-state index is 0.0456. The molecular formula is C31H32FN7O4S3. The number of aromatic nitrogens is 3. The summed E-state index contributed by atoms with van der Waals surface area (Å²) < 4.78 is 42.6. The Labute approximate surface area is 274 Å². The molecule has 2 aromatic carbocycles. The minimum atomic E-state index is -3.58. The largest absolute Gasteiger partial charge is 0.345 e. The maximum Gasteiger partial charge on any atom is 0.253 e. The van der Waals surface area contributed by atoms with Gasteiger partial charge in [0.05, 0.1) is 33.8 Å². The Morgan fingerprint density at radius 3 is 2.46 bits per heavy atom. The van der Waals surface area contributed by atoms with Crippen LogP contribution < -0.4 is 5.32 Å². The van der Waals surface area contributed by atoms with Gasteiger partial charge in [-0.1, -0.05) is 36.4 Å². The third-order valence-corrected chi connectivity index (χ3v) is 11.8. The fourth-order valence-electron chi connectivity index (χ4n) is 5.39. The zero-order valence-corrected chi connectivity index (χ0v) is 27.5. The van der Waals surface area contributed by atoms with E-state index in [1.165, 1.54) is 57.5 Å². The highest BCUT2D eigenvalue weighted by Crippen LogP contribution is 2.34. The number of halogens is 1. The SMILES string of the molecule is Cn1c(CNC(=O)c2ccc(S(=O)(=O)N3CCCCC3)cc2)nnc1SCC(=O)N1N=C(c2cccs2)C[C@@H]1c1ccc(F)cc1. The van der Waals surface area contributed by atoms with E-state index in [4.69, 9.17) is 0 Å². The van der Waals surface area contributed by atoms with Crippen LogP contribution in [0.2, 0.25) is 0 Å². The van der Waals surface area contributed by atoms with Crippen molar-refractivity contribution in [2.24, 2.45) is 12.1 Å². The second-order valence-electron chi connectivity index (χ2n) is 11.0. The van der Waals surface area contributed by atoms with Crippen LogP contribution in [0.3, 0.4) is 0 Å². The van der Waals surface area contributed by atoms with Crippen molar-refractivity contribution < 1.29 is 22.4 Å². The second kappa shape index (κ2) is 13.8. The third-order valence-electron chi connectivity index (χ3n) is 7.95. The van der Waals surface area contributed by atoms with Crippen molar-refractivity contribution in [2.75, 3.05) is 18.8 Å². The van der Waals surface area contributed by atoms with Gasteiger partial charge in [-0.05, 0) is 66.2 Å². The zero-order chi connectivity index (χ0) is 32.3. The lowest BCUT2D eigenvalue weighted by Gasteiger charge is -2.25. The summed E-state index contributed by atoms with van der Waals surface area (Å²) in [6.07, 6.45) is 3.24.